The molecular formula is C20H18ClN3O3. The fourth-order valence-corrected chi connectivity index (χ4v) is 2.95. The summed E-state index contributed by atoms with van der Waals surface area (Å²) in [5, 5.41) is 0.582. The van der Waals surface area contributed by atoms with Crippen LogP contribution in [0.2, 0.25) is 5.02 Å². The zero-order valence-corrected chi connectivity index (χ0v) is 15.6. The molecule has 0 aliphatic heterocycles. The van der Waals surface area contributed by atoms with E-state index in [-0.39, 0.29) is 11.4 Å². The second-order valence-corrected chi connectivity index (χ2v) is 6.19. The number of methoxy groups -OCH3 is 2. The van der Waals surface area contributed by atoms with Crippen LogP contribution in [0.1, 0.15) is 10.4 Å². The van der Waals surface area contributed by atoms with E-state index in [4.69, 9.17) is 32.5 Å². The van der Waals surface area contributed by atoms with Crippen LogP contribution < -0.4 is 20.9 Å². The molecule has 7 heteroatoms. The molecule has 0 aliphatic carbocycles. The molecule has 0 radical (unpaired) electrons. The zero-order chi connectivity index (χ0) is 19.6. The van der Waals surface area contributed by atoms with Gasteiger partial charge >= 0.3 is 0 Å². The van der Waals surface area contributed by atoms with Crippen LogP contribution in [0.25, 0.3) is 22.4 Å². The number of rotatable bonds is 5. The van der Waals surface area contributed by atoms with Crippen molar-refractivity contribution >= 4 is 23.3 Å². The first-order chi connectivity index (χ1) is 12.9. The number of ether oxygens (including phenoxy) is 2. The lowest BCUT2D eigenvalue weighted by Gasteiger charge is -2.15. The Hall–Kier alpha value is -3.25. The molecule has 3 rings (SSSR count). The van der Waals surface area contributed by atoms with Crippen LogP contribution in [0.3, 0.4) is 0 Å². The van der Waals surface area contributed by atoms with Crippen LogP contribution in [0.5, 0.6) is 11.5 Å². The maximum absolute atomic E-state index is 12.0. The number of anilines is 1. The van der Waals surface area contributed by atoms with Gasteiger partial charge in [0.15, 0.2) is 0 Å². The van der Waals surface area contributed by atoms with Crippen molar-refractivity contribution in [1.82, 2.24) is 4.98 Å². The molecule has 0 spiro atoms. The van der Waals surface area contributed by atoms with Gasteiger partial charge in [-0.3, -0.25) is 4.79 Å². The standard InChI is InChI=1S/C20H18ClN3O3/c1-26-13-7-8-14(17(9-13)27-2)16-10-15(11-3-5-12(21)6-4-11)18(20(23)25)19(22)24-16/h3-10H,1-2H3,(H2,22,24)(H2,23,25). The van der Waals surface area contributed by atoms with E-state index in [0.717, 1.165) is 5.56 Å². The Labute approximate surface area is 161 Å². The highest BCUT2D eigenvalue weighted by Crippen LogP contribution is 2.37. The molecular weight excluding hydrogens is 366 g/mol. The van der Waals surface area contributed by atoms with Crippen molar-refractivity contribution < 1.29 is 14.3 Å². The van der Waals surface area contributed by atoms with Crippen molar-refractivity contribution in [3.05, 3.63) is 59.1 Å². The first kappa shape index (κ1) is 18.5. The molecule has 1 amide bonds. The lowest BCUT2D eigenvalue weighted by molar-refractivity contribution is 0.100. The van der Waals surface area contributed by atoms with Gasteiger partial charge in [0.25, 0.3) is 5.91 Å². The minimum Gasteiger partial charge on any atom is -0.497 e. The Bertz CT molecular complexity index is 1000. The van der Waals surface area contributed by atoms with E-state index in [1.165, 1.54) is 0 Å². The van der Waals surface area contributed by atoms with E-state index >= 15 is 0 Å². The zero-order valence-electron chi connectivity index (χ0n) is 14.8. The van der Waals surface area contributed by atoms with E-state index in [9.17, 15) is 4.79 Å². The number of benzene rings is 2. The topological polar surface area (TPSA) is 100 Å². The van der Waals surface area contributed by atoms with E-state index in [1.54, 1.807) is 56.7 Å². The first-order valence-electron chi connectivity index (χ1n) is 8.03. The summed E-state index contributed by atoms with van der Waals surface area (Å²) in [4.78, 5) is 16.3. The molecule has 0 aliphatic rings. The van der Waals surface area contributed by atoms with Crippen LogP contribution >= 0.6 is 11.6 Å². The van der Waals surface area contributed by atoms with Crippen LogP contribution in [-0.2, 0) is 0 Å². The van der Waals surface area contributed by atoms with Gasteiger partial charge in [-0.05, 0) is 35.9 Å². The predicted molar refractivity (Wildman–Crippen MR) is 106 cm³/mol. The minimum absolute atomic E-state index is 0.0443. The molecule has 0 unspecified atom stereocenters. The number of aromatic nitrogens is 1. The van der Waals surface area contributed by atoms with Crippen LogP contribution in [0.4, 0.5) is 5.82 Å². The Morgan fingerprint density at radius 1 is 1.00 bits per heavy atom. The van der Waals surface area contributed by atoms with Gasteiger partial charge in [0.2, 0.25) is 0 Å². The fourth-order valence-electron chi connectivity index (χ4n) is 2.83. The largest absolute Gasteiger partial charge is 0.497 e. The smallest absolute Gasteiger partial charge is 0.253 e. The Morgan fingerprint density at radius 2 is 1.70 bits per heavy atom. The summed E-state index contributed by atoms with van der Waals surface area (Å²) in [6.45, 7) is 0. The minimum atomic E-state index is -0.654. The SMILES string of the molecule is COc1ccc(-c2cc(-c3ccc(Cl)cc3)c(C(N)=O)c(N)n2)c(OC)c1. The quantitative estimate of drug-likeness (QED) is 0.698. The third-order valence-electron chi connectivity index (χ3n) is 4.13. The number of carbonyl (C=O) groups excluding carboxylic acids is 1. The second-order valence-electron chi connectivity index (χ2n) is 5.75. The van der Waals surface area contributed by atoms with Gasteiger partial charge in [0, 0.05) is 22.2 Å². The molecule has 1 aromatic heterocycles. The van der Waals surface area contributed by atoms with E-state index < -0.39 is 5.91 Å². The number of halogens is 1. The summed E-state index contributed by atoms with van der Waals surface area (Å²) in [5.74, 6) is 0.603. The normalized spacial score (nSPS) is 10.5. The van der Waals surface area contributed by atoms with Crippen molar-refractivity contribution in [2.45, 2.75) is 0 Å². The highest BCUT2D eigenvalue weighted by Gasteiger charge is 2.19. The molecule has 6 nitrogen and oxygen atoms in total. The van der Waals surface area contributed by atoms with Crippen molar-refractivity contribution in [3.8, 4) is 33.9 Å². The molecule has 0 fully saturated rings. The van der Waals surface area contributed by atoms with Gasteiger partial charge < -0.3 is 20.9 Å². The molecule has 0 saturated carbocycles. The predicted octanol–water partition coefficient (Wildman–Crippen LogP) is 3.77. The molecule has 27 heavy (non-hydrogen) atoms. The number of nitrogens with two attached hydrogens (primary N) is 2. The number of hydrogen-bond acceptors (Lipinski definition) is 5. The number of hydrogen-bond donors (Lipinski definition) is 2. The van der Waals surface area contributed by atoms with Crippen LogP contribution in [0.15, 0.2) is 48.5 Å². The highest BCUT2D eigenvalue weighted by molar-refractivity contribution is 6.30. The number of primary amides is 1. The van der Waals surface area contributed by atoms with E-state index in [2.05, 4.69) is 4.98 Å². The van der Waals surface area contributed by atoms with Gasteiger partial charge in [0.1, 0.15) is 17.3 Å². The molecule has 0 saturated heterocycles. The number of pyridine rings is 1. The van der Waals surface area contributed by atoms with Crippen LogP contribution in [0, 0.1) is 0 Å². The molecule has 138 valence electrons. The van der Waals surface area contributed by atoms with Gasteiger partial charge in [-0.25, -0.2) is 4.98 Å². The molecule has 0 atom stereocenters. The molecule has 3 aromatic rings. The molecule has 0 bridgehead atoms. The second kappa shape index (κ2) is 7.55. The lowest BCUT2D eigenvalue weighted by atomic mass is 9.97. The summed E-state index contributed by atoms with van der Waals surface area (Å²) < 4.78 is 10.7. The maximum atomic E-state index is 12.0. The summed E-state index contributed by atoms with van der Waals surface area (Å²) in [5.41, 5.74) is 14.3. The average Bonchev–Trinajstić information content (AvgIpc) is 2.67. The molecule has 1 heterocycles. The summed E-state index contributed by atoms with van der Waals surface area (Å²) in [7, 11) is 3.13. The number of carbonyl (C=O) groups is 1. The van der Waals surface area contributed by atoms with E-state index in [0.29, 0.717) is 33.3 Å². The summed E-state index contributed by atoms with van der Waals surface area (Å²) in [6.07, 6.45) is 0. The van der Waals surface area contributed by atoms with Gasteiger partial charge in [-0.2, -0.15) is 0 Å². The van der Waals surface area contributed by atoms with Crippen LogP contribution in [-0.4, -0.2) is 25.1 Å². The molecule has 2 aromatic carbocycles. The van der Waals surface area contributed by atoms with Crippen molar-refractivity contribution in [3.63, 3.8) is 0 Å². The lowest BCUT2D eigenvalue weighted by Crippen LogP contribution is -2.16. The van der Waals surface area contributed by atoms with E-state index in [1.807, 2.05) is 6.07 Å². The maximum Gasteiger partial charge on any atom is 0.253 e. The summed E-state index contributed by atoms with van der Waals surface area (Å²) >= 11 is 5.97. The van der Waals surface area contributed by atoms with Crippen molar-refractivity contribution in [1.29, 1.82) is 0 Å². The Balaban J connectivity index is 2.25. The highest BCUT2D eigenvalue weighted by atomic mass is 35.5. The number of amides is 1. The van der Waals surface area contributed by atoms with Crippen molar-refractivity contribution in [2.75, 3.05) is 20.0 Å². The summed E-state index contributed by atoms with van der Waals surface area (Å²) in [6, 6.07) is 14.1. The number of nitrogen functional groups attached to an aromatic ring is 1. The third-order valence-corrected chi connectivity index (χ3v) is 4.39. The van der Waals surface area contributed by atoms with Crippen molar-refractivity contribution in [2.24, 2.45) is 5.73 Å². The van der Waals surface area contributed by atoms with Gasteiger partial charge in [-0.15, -0.1) is 0 Å². The van der Waals surface area contributed by atoms with Gasteiger partial charge in [0.05, 0.1) is 25.5 Å². The third kappa shape index (κ3) is 3.66. The fraction of sp³-hybridized carbons (Fsp3) is 0.100. The monoisotopic (exact) mass is 383 g/mol. The first-order valence-corrected chi connectivity index (χ1v) is 8.41. The number of nitrogens with zero attached hydrogens (tertiary/aromatic N) is 1. The average molecular weight is 384 g/mol. The Morgan fingerprint density at radius 3 is 2.30 bits per heavy atom. The van der Waals surface area contributed by atoms with Gasteiger partial charge in [-0.1, -0.05) is 23.7 Å². The Kier molecular flexibility index (Phi) is 5.19. The molecule has 4 N–H and O–H groups in total.